The van der Waals surface area contributed by atoms with E-state index in [0.29, 0.717) is 23.7 Å². The van der Waals surface area contributed by atoms with E-state index in [2.05, 4.69) is 17.2 Å². The lowest BCUT2D eigenvalue weighted by Gasteiger charge is -2.32. The zero-order valence-electron chi connectivity index (χ0n) is 14.6. The molecule has 1 unspecified atom stereocenters. The third kappa shape index (κ3) is 3.95. The highest BCUT2D eigenvalue weighted by atomic mass is 16.5. The van der Waals surface area contributed by atoms with Crippen molar-refractivity contribution in [1.82, 2.24) is 5.32 Å². The minimum atomic E-state index is -0.557. The van der Waals surface area contributed by atoms with Gasteiger partial charge in [-0.2, -0.15) is 0 Å². The maximum Gasteiger partial charge on any atom is 0.319 e. The van der Waals surface area contributed by atoms with Gasteiger partial charge < -0.3 is 20.3 Å². The number of urea groups is 1. The van der Waals surface area contributed by atoms with Gasteiger partial charge in [0.1, 0.15) is 5.75 Å². The molecule has 1 aliphatic carbocycles. The van der Waals surface area contributed by atoms with Gasteiger partial charge in [0.2, 0.25) is 0 Å². The SMILES string of the molecule is C=CCN1C(=O)C(C)Oc2cc(NC(=O)NC3CCCCC3)ccc21. The number of carbonyl (C=O) groups excluding carboxylic acids is 2. The Balaban J connectivity index is 1.70. The zero-order valence-corrected chi connectivity index (χ0v) is 14.6. The van der Waals surface area contributed by atoms with E-state index in [-0.39, 0.29) is 18.0 Å². The van der Waals surface area contributed by atoms with Crippen LogP contribution in [0, 0.1) is 0 Å². The van der Waals surface area contributed by atoms with E-state index in [9.17, 15) is 9.59 Å². The molecular weight excluding hydrogens is 318 g/mol. The van der Waals surface area contributed by atoms with Crippen LogP contribution in [0.5, 0.6) is 5.75 Å². The van der Waals surface area contributed by atoms with Gasteiger partial charge in [-0.1, -0.05) is 25.3 Å². The van der Waals surface area contributed by atoms with Gasteiger partial charge in [-0.15, -0.1) is 6.58 Å². The number of anilines is 2. The minimum absolute atomic E-state index is 0.0943. The van der Waals surface area contributed by atoms with E-state index < -0.39 is 6.10 Å². The first-order valence-corrected chi connectivity index (χ1v) is 8.89. The van der Waals surface area contributed by atoms with Crippen LogP contribution in [-0.2, 0) is 4.79 Å². The van der Waals surface area contributed by atoms with Crippen molar-refractivity contribution in [2.24, 2.45) is 0 Å². The standard InChI is InChI=1S/C19H25N3O3/c1-3-11-22-16-10-9-15(12-17(16)25-13(2)18(22)23)21-19(24)20-14-7-5-4-6-8-14/h3,9-10,12-14H,1,4-8,11H2,2H3,(H2,20,21,24). The van der Waals surface area contributed by atoms with Crippen molar-refractivity contribution < 1.29 is 14.3 Å². The molecule has 0 spiro atoms. The third-order valence-corrected chi connectivity index (χ3v) is 4.68. The predicted octanol–water partition coefficient (Wildman–Crippen LogP) is 3.44. The first kappa shape index (κ1) is 17.3. The number of ether oxygens (including phenoxy) is 1. The molecule has 1 atom stereocenters. The summed E-state index contributed by atoms with van der Waals surface area (Å²) in [6.45, 7) is 5.84. The summed E-state index contributed by atoms with van der Waals surface area (Å²) >= 11 is 0. The van der Waals surface area contributed by atoms with E-state index in [1.165, 1.54) is 19.3 Å². The van der Waals surface area contributed by atoms with Crippen LogP contribution in [0.1, 0.15) is 39.0 Å². The molecule has 1 aliphatic heterocycles. The van der Waals surface area contributed by atoms with Crippen molar-refractivity contribution >= 4 is 23.3 Å². The summed E-state index contributed by atoms with van der Waals surface area (Å²) in [4.78, 5) is 26.1. The van der Waals surface area contributed by atoms with Gasteiger partial charge in [-0.05, 0) is 31.9 Å². The molecule has 1 aromatic carbocycles. The smallest absolute Gasteiger partial charge is 0.319 e. The molecule has 0 bridgehead atoms. The van der Waals surface area contributed by atoms with Crippen molar-refractivity contribution in [3.63, 3.8) is 0 Å². The van der Waals surface area contributed by atoms with Crippen molar-refractivity contribution in [2.45, 2.75) is 51.2 Å². The fourth-order valence-corrected chi connectivity index (χ4v) is 3.41. The Hall–Kier alpha value is -2.50. The van der Waals surface area contributed by atoms with Gasteiger partial charge in [0, 0.05) is 24.3 Å². The summed E-state index contributed by atoms with van der Waals surface area (Å²) in [5.41, 5.74) is 1.34. The van der Waals surface area contributed by atoms with E-state index in [0.717, 1.165) is 12.8 Å². The largest absolute Gasteiger partial charge is 0.479 e. The Morgan fingerprint density at radius 2 is 2.12 bits per heavy atom. The van der Waals surface area contributed by atoms with Crippen LogP contribution in [0.15, 0.2) is 30.9 Å². The fraction of sp³-hybridized carbons (Fsp3) is 0.474. The van der Waals surface area contributed by atoms with Crippen LogP contribution in [0.3, 0.4) is 0 Å². The summed E-state index contributed by atoms with van der Waals surface area (Å²) in [5.74, 6) is 0.493. The van der Waals surface area contributed by atoms with E-state index in [1.54, 1.807) is 36.1 Å². The van der Waals surface area contributed by atoms with Crippen LogP contribution in [0.25, 0.3) is 0 Å². The molecule has 25 heavy (non-hydrogen) atoms. The number of rotatable bonds is 4. The molecule has 1 aromatic rings. The Morgan fingerprint density at radius 1 is 1.36 bits per heavy atom. The van der Waals surface area contributed by atoms with Gasteiger partial charge in [-0.25, -0.2) is 4.79 Å². The summed E-state index contributed by atoms with van der Waals surface area (Å²) in [6, 6.07) is 5.38. The summed E-state index contributed by atoms with van der Waals surface area (Å²) < 4.78 is 5.70. The summed E-state index contributed by atoms with van der Waals surface area (Å²) in [7, 11) is 0. The van der Waals surface area contributed by atoms with Crippen molar-refractivity contribution in [3.05, 3.63) is 30.9 Å². The molecule has 2 N–H and O–H groups in total. The molecule has 3 amide bonds. The van der Waals surface area contributed by atoms with Gasteiger partial charge in [0.05, 0.1) is 5.69 Å². The Labute approximate surface area is 148 Å². The Kier molecular flexibility index (Phi) is 5.26. The fourth-order valence-electron chi connectivity index (χ4n) is 3.41. The van der Waals surface area contributed by atoms with Gasteiger partial charge in [-0.3, -0.25) is 4.79 Å². The second-order valence-electron chi connectivity index (χ2n) is 6.61. The maximum absolute atomic E-state index is 12.2. The average Bonchev–Trinajstić information content (AvgIpc) is 2.59. The maximum atomic E-state index is 12.2. The number of hydrogen-bond acceptors (Lipinski definition) is 3. The van der Waals surface area contributed by atoms with Gasteiger partial charge >= 0.3 is 6.03 Å². The lowest BCUT2D eigenvalue weighted by atomic mass is 9.96. The molecule has 0 aromatic heterocycles. The third-order valence-electron chi connectivity index (χ3n) is 4.68. The molecule has 6 nitrogen and oxygen atoms in total. The second kappa shape index (κ2) is 7.59. The number of nitrogens with zero attached hydrogens (tertiary/aromatic N) is 1. The number of carbonyl (C=O) groups is 2. The minimum Gasteiger partial charge on any atom is -0.479 e. The van der Waals surface area contributed by atoms with Crippen LogP contribution >= 0.6 is 0 Å². The molecule has 1 heterocycles. The van der Waals surface area contributed by atoms with Gasteiger partial charge in [0.25, 0.3) is 5.91 Å². The summed E-state index contributed by atoms with van der Waals surface area (Å²) in [5, 5.41) is 5.88. The quantitative estimate of drug-likeness (QED) is 0.823. The molecule has 1 fully saturated rings. The normalized spacial score (nSPS) is 20.4. The average molecular weight is 343 g/mol. The predicted molar refractivity (Wildman–Crippen MR) is 98.1 cm³/mol. The summed E-state index contributed by atoms with van der Waals surface area (Å²) in [6.07, 6.45) is 6.79. The molecule has 3 rings (SSSR count). The first-order chi connectivity index (χ1) is 12.1. The lowest BCUT2D eigenvalue weighted by molar-refractivity contribution is -0.125. The number of nitrogens with one attached hydrogen (secondary N) is 2. The zero-order chi connectivity index (χ0) is 17.8. The number of fused-ring (bicyclic) bond motifs is 1. The second-order valence-corrected chi connectivity index (χ2v) is 6.61. The van der Waals surface area contributed by atoms with Crippen molar-refractivity contribution in [2.75, 3.05) is 16.8 Å². The van der Waals surface area contributed by atoms with Crippen LogP contribution in [0.2, 0.25) is 0 Å². The highest BCUT2D eigenvalue weighted by Crippen LogP contribution is 2.36. The van der Waals surface area contributed by atoms with Crippen LogP contribution < -0.4 is 20.3 Å². The Bertz CT molecular complexity index is 668. The molecule has 134 valence electrons. The number of amides is 3. The van der Waals surface area contributed by atoms with Gasteiger partial charge in [0.15, 0.2) is 6.10 Å². The molecule has 0 radical (unpaired) electrons. The molecular formula is C19H25N3O3. The van der Waals surface area contributed by atoms with Crippen LogP contribution in [-0.4, -0.2) is 30.6 Å². The number of hydrogen-bond donors (Lipinski definition) is 2. The van der Waals surface area contributed by atoms with E-state index >= 15 is 0 Å². The first-order valence-electron chi connectivity index (χ1n) is 8.89. The van der Waals surface area contributed by atoms with E-state index in [1.807, 2.05) is 0 Å². The molecule has 6 heteroatoms. The molecule has 1 saturated carbocycles. The number of benzene rings is 1. The topological polar surface area (TPSA) is 70.7 Å². The highest BCUT2D eigenvalue weighted by molar-refractivity contribution is 6.00. The molecule has 2 aliphatic rings. The lowest BCUT2D eigenvalue weighted by Crippen LogP contribution is -2.44. The van der Waals surface area contributed by atoms with Crippen LogP contribution in [0.4, 0.5) is 16.2 Å². The van der Waals surface area contributed by atoms with Crippen molar-refractivity contribution in [1.29, 1.82) is 0 Å². The van der Waals surface area contributed by atoms with E-state index in [4.69, 9.17) is 4.74 Å². The highest BCUT2D eigenvalue weighted by Gasteiger charge is 2.31. The molecule has 0 saturated heterocycles. The van der Waals surface area contributed by atoms with Crippen molar-refractivity contribution in [3.8, 4) is 5.75 Å². The Morgan fingerprint density at radius 3 is 2.84 bits per heavy atom. The monoisotopic (exact) mass is 343 g/mol.